The molecule has 2 unspecified atom stereocenters. The second-order valence-corrected chi connectivity index (χ2v) is 5.94. The summed E-state index contributed by atoms with van der Waals surface area (Å²) in [5.74, 6) is -0.511. The Morgan fingerprint density at radius 3 is 2.27 bits per heavy atom. The maximum Gasteiger partial charge on any atom is 0.416 e. The number of hydrogen-bond donors (Lipinski definition) is 1. The Kier molecular flexibility index (Phi) is 3.45. The summed E-state index contributed by atoms with van der Waals surface area (Å²) in [6, 6.07) is 9.37. The van der Waals surface area contributed by atoms with Crippen LogP contribution < -0.4 is 5.32 Å². The highest BCUT2D eigenvalue weighted by Crippen LogP contribution is 2.49. The van der Waals surface area contributed by atoms with Gasteiger partial charge in [0.25, 0.3) is 0 Å². The van der Waals surface area contributed by atoms with Gasteiger partial charge in [-0.1, -0.05) is 29.8 Å². The Hall–Kier alpha value is -1.59. The third kappa shape index (κ3) is 2.59. The average molecular weight is 330 g/mol. The van der Waals surface area contributed by atoms with E-state index >= 15 is 0 Å². The van der Waals surface area contributed by atoms with Crippen LogP contribution in [0, 0.1) is 5.82 Å². The van der Waals surface area contributed by atoms with Crippen LogP contribution >= 0.6 is 11.6 Å². The van der Waals surface area contributed by atoms with Crippen LogP contribution in [0.25, 0.3) is 0 Å². The number of hydrogen-bond acceptors (Lipinski definition) is 1. The molecule has 0 bridgehead atoms. The molecule has 1 heterocycles. The lowest BCUT2D eigenvalue weighted by Gasteiger charge is -2.12. The minimum atomic E-state index is -4.35. The molecule has 116 valence electrons. The molecule has 1 saturated heterocycles. The van der Waals surface area contributed by atoms with Crippen molar-refractivity contribution in [3.63, 3.8) is 0 Å². The van der Waals surface area contributed by atoms with Crippen molar-refractivity contribution in [3.8, 4) is 0 Å². The van der Waals surface area contributed by atoms with Crippen LogP contribution in [-0.2, 0) is 11.7 Å². The van der Waals surface area contributed by atoms with Gasteiger partial charge in [-0.2, -0.15) is 13.2 Å². The molecule has 0 radical (unpaired) electrons. The molecular formula is C16H12ClF4N. The maximum absolute atomic E-state index is 13.5. The molecule has 1 N–H and O–H groups in total. The van der Waals surface area contributed by atoms with E-state index in [-0.39, 0.29) is 11.1 Å². The van der Waals surface area contributed by atoms with Crippen LogP contribution in [0.15, 0.2) is 42.5 Å². The van der Waals surface area contributed by atoms with Crippen molar-refractivity contribution in [3.05, 3.63) is 70.0 Å². The average Bonchev–Trinajstić information content (AvgIpc) is 3.15. The SMILES string of the molecule is CC1(c2ccc(C(F)(F)F)cc2)NC1c1ccc(Cl)c(F)c1. The quantitative estimate of drug-likeness (QED) is 0.604. The van der Waals surface area contributed by atoms with Crippen LogP contribution in [0.4, 0.5) is 17.6 Å². The zero-order chi connectivity index (χ0) is 16.1. The highest BCUT2D eigenvalue weighted by molar-refractivity contribution is 6.30. The minimum Gasteiger partial charge on any atom is -0.297 e. The first-order valence-electron chi connectivity index (χ1n) is 6.62. The fraction of sp³-hybridized carbons (Fsp3) is 0.250. The van der Waals surface area contributed by atoms with Crippen LogP contribution in [0.3, 0.4) is 0 Å². The van der Waals surface area contributed by atoms with E-state index in [0.29, 0.717) is 5.56 Å². The highest BCUT2D eigenvalue weighted by Gasteiger charge is 2.51. The summed E-state index contributed by atoms with van der Waals surface area (Å²) in [5, 5.41) is 3.23. The Bertz CT molecular complexity index is 711. The molecule has 1 aliphatic heterocycles. The number of rotatable bonds is 2. The molecule has 0 amide bonds. The van der Waals surface area contributed by atoms with Gasteiger partial charge in [0.15, 0.2) is 0 Å². The molecular weight excluding hydrogens is 318 g/mol. The van der Waals surface area contributed by atoms with Gasteiger partial charge in [0.05, 0.1) is 22.2 Å². The fourth-order valence-corrected chi connectivity index (χ4v) is 2.74. The largest absolute Gasteiger partial charge is 0.416 e. The molecule has 2 aromatic carbocycles. The molecule has 1 nitrogen and oxygen atoms in total. The molecule has 3 rings (SSSR count). The predicted octanol–water partition coefficient (Wildman–Crippen LogP) is 5.06. The highest BCUT2D eigenvalue weighted by atomic mass is 35.5. The summed E-state index contributed by atoms with van der Waals surface area (Å²) in [5.41, 5.74) is 0.240. The van der Waals surface area contributed by atoms with Crippen molar-refractivity contribution in [2.75, 3.05) is 0 Å². The Morgan fingerprint density at radius 1 is 1.09 bits per heavy atom. The predicted molar refractivity (Wildman–Crippen MR) is 76.1 cm³/mol. The lowest BCUT2D eigenvalue weighted by molar-refractivity contribution is -0.137. The number of alkyl halides is 3. The molecule has 1 aliphatic rings. The van der Waals surface area contributed by atoms with Crippen LogP contribution in [-0.4, -0.2) is 0 Å². The monoisotopic (exact) mass is 329 g/mol. The summed E-state index contributed by atoms with van der Waals surface area (Å²) in [6.45, 7) is 1.87. The van der Waals surface area contributed by atoms with Gasteiger partial charge in [0.1, 0.15) is 5.82 Å². The van der Waals surface area contributed by atoms with E-state index in [1.54, 1.807) is 6.07 Å². The Labute approximate surface area is 129 Å². The molecule has 1 fully saturated rings. The van der Waals surface area contributed by atoms with Crippen molar-refractivity contribution < 1.29 is 17.6 Å². The fourth-order valence-electron chi connectivity index (χ4n) is 2.62. The molecule has 6 heteroatoms. The van der Waals surface area contributed by atoms with Crippen molar-refractivity contribution in [1.82, 2.24) is 5.32 Å². The second-order valence-electron chi connectivity index (χ2n) is 5.53. The third-order valence-electron chi connectivity index (χ3n) is 4.03. The minimum absolute atomic E-state index is 0.0423. The zero-order valence-electron chi connectivity index (χ0n) is 11.5. The zero-order valence-corrected chi connectivity index (χ0v) is 12.3. The summed E-state index contributed by atoms with van der Waals surface area (Å²) in [7, 11) is 0. The van der Waals surface area contributed by atoms with E-state index in [0.717, 1.165) is 17.7 Å². The van der Waals surface area contributed by atoms with Gasteiger partial charge in [0.2, 0.25) is 0 Å². The van der Waals surface area contributed by atoms with Gasteiger partial charge >= 0.3 is 6.18 Å². The number of nitrogens with one attached hydrogen (secondary N) is 1. The maximum atomic E-state index is 13.5. The van der Waals surface area contributed by atoms with E-state index < -0.39 is 23.1 Å². The second kappa shape index (κ2) is 4.96. The van der Waals surface area contributed by atoms with Crippen LogP contribution in [0.5, 0.6) is 0 Å². The summed E-state index contributed by atoms with van der Waals surface area (Å²) < 4.78 is 51.3. The molecule has 0 spiro atoms. The third-order valence-corrected chi connectivity index (χ3v) is 4.33. The number of halogens is 5. The first kappa shape index (κ1) is 15.3. The molecule has 2 aromatic rings. The van der Waals surface area contributed by atoms with Gasteiger partial charge in [-0.15, -0.1) is 0 Å². The van der Waals surface area contributed by atoms with E-state index in [2.05, 4.69) is 5.32 Å². The van der Waals surface area contributed by atoms with Crippen LogP contribution in [0.2, 0.25) is 5.02 Å². The molecule has 0 aliphatic carbocycles. The first-order valence-corrected chi connectivity index (χ1v) is 7.00. The molecule has 0 aromatic heterocycles. The topological polar surface area (TPSA) is 21.9 Å². The smallest absolute Gasteiger partial charge is 0.297 e. The first-order chi connectivity index (χ1) is 10.2. The Balaban J connectivity index is 1.85. The van der Waals surface area contributed by atoms with E-state index in [9.17, 15) is 17.6 Å². The van der Waals surface area contributed by atoms with E-state index in [4.69, 9.17) is 11.6 Å². The van der Waals surface area contributed by atoms with E-state index in [1.807, 2.05) is 6.92 Å². The van der Waals surface area contributed by atoms with Gasteiger partial charge in [-0.3, -0.25) is 5.32 Å². The molecule has 0 saturated carbocycles. The van der Waals surface area contributed by atoms with Crippen LogP contribution in [0.1, 0.15) is 29.7 Å². The van der Waals surface area contributed by atoms with Crippen molar-refractivity contribution >= 4 is 11.6 Å². The van der Waals surface area contributed by atoms with Gasteiger partial charge in [-0.25, -0.2) is 4.39 Å². The van der Waals surface area contributed by atoms with Gasteiger partial charge in [0, 0.05) is 0 Å². The van der Waals surface area contributed by atoms with Crippen molar-refractivity contribution in [2.45, 2.75) is 24.7 Å². The van der Waals surface area contributed by atoms with Gasteiger partial charge < -0.3 is 0 Å². The normalized spacial score (nSPS) is 24.4. The van der Waals surface area contributed by atoms with E-state index in [1.165, 1.54) is 24.3 Å². The summed E-state index contributed by atoms with van der Waals surface area (Å²) in [4.78, 5) is 0. The lowest BCUT2D eigenvalue weighted by Crippen LogP contribution is -2.10. The number of benzene rings is 2. The molecule has 2 atom stereocenters. The lowest BCUT2D eigenvalue weighted by atomic mass is 9.92. The summed E-state index contributed by atoms with van der Waals surface area (Å²) in [6.07, 6.45) is -4.35. The van der Waals surface area contributed by atoms with Crippen molar-refractivity contribution in [1.29, 1.82) is 0 Å². The standard InChI is InChI=1S/C16H12ClF4N/c1-15(10-3-5-11(6-4-10)16(19,20)21)14(22-15)9-2-7-12(17)13(18)8-9/h2-8,14,22H,1H3. The van der Waals surface area contributed by atoms with Gasteiger partial charge in [-0.05, 0) is 42.3 Å². The Morgan fingerprint density at radius 2 is 1.73 bits per heavy atom. The summed E-state index contributed by atoms with van der Waals surface area (Å²) >= 11 is 5.65. The van der Waals surface area contributed by atoms with Crippen molar-refractivity contribution in [2.24, 2.45) is 0 Å². The molecule has 22 heavy (non-hydrogen) atoms.